The number of carbonyl (C=O) groups excluding carboxylic acids is 4. The summed E-state index contributed by atoms with van der Waals surface area (Å²) < 4.78 is 4.64. The molecule has 1 saturated heterocycles. The molecule has 2 heterocycles. The van der Waals surface area contributed by atoms with Crippen molar-refractivity contribution in [2.75, 3.05) is 12.0 Å². The summed E-state index contributed by atoms with van der Waals surface area (Å²) in [6.07, 6.45) is 0. The molecule has 0 aliphatic carbocycles. The van der Waals surface area contributed by atoms with Crippen LogP contribution in [0.15, 0.2) is 23.3 Å². The first-order chi connectivity index (χ1) is 11.8. The lowest BCUT2D eigenvalue weighted by Crippen LogP contribution is -2.41. The Labute approximate surface area is 144 Å². The van der Waals surface area contributed by atoms with Crippen LogP contribution >= 0.6 is 0 Å². The molecule has 3 amide bonds. The Hall–Kier alpha value is -3.03. The Morgan fingerprint density at radius 1 is 1.12 bits per heavy atom. The maximum Gasteiger partial charge on any atom is 0.355 e. The number of carbonyl (C=O) groups is 4. The molecule has 1 aromatic rings. The summed E-state index contributed by atoms with van der Waals surface area (Å²) in [5, 5.41) is 4.75. The van der Waals surface area contributed by atoms with E-state index in [0.717, 1.165) is 28.1 Å². The Morgan fingerprint density at radius 3 is 2.36 bits per heavy atom. The SMILES string of the molecule is COC(=O)C1=NN(C(C)=O)[C@H]2C(=O)N(c3ccc(C)c(C)c3)C(=O)[C@H]12. The largest absolute Gasteiger partial charge is 0.464 e. The zero-order valence-corrected chi connectivity index (χ0v) is 14.3. The lowest BCUT2D eigenvalue weighted by atomic mass is 9.98. The first-order valence-electron chi connectivity index (χ1n) is 7.69. The average Bonchev–Trinajstić information content (AvgIpc) is 3.08. The van der Waals surface area contributed by atoms with E-state index < -0.39 is 35.7 Å². The number of benzene rings is 1. The third kappa shape index (κ3) is 2.41. The van der Waals surface area contributed by atoms with E-state index in [1.807, 2.05) is 13.8 Å². The maximum atomic E-state index is 12.9. The fourth-order valence-corrected chi connectivity index (χ4v) is 3.07. The smallest absolute Gasteiger partial charge is 0.355 e. The number of hydrazone groups is 1. The summed E-state index contributed by atoms with van der Waals surface area (Å²) in [6, 6.07) is 4.03. The zero-order chi connectivity index (χ0) is 18.5. The first-order valence-corrected chi connectivity index (χ1v) is 7.69. The van der Waals surface area contributed by atoms with Crippen molar-refractivity contribution in [2.45, 2.75) is 26.8 Å². The molecule has 2 aliphatic rings. The Bertz CT molecular complexity index is 845. The number of amides is 3. The second-order valence-electron chi connectivity index (χ2n) is 6.04. The van der Waals surface area contributed by atoms with Crippen molar-refractivity contribution in [1.82, 2.24) is 5.01 Å². The topological polar surface area (TPSA) is 96.3 Å². The second-order valence-corrected chi connectivity index (χ2v) is 6.04. The van der Waals surface area contributed by atoms with Gasteiger partial charge in [0.05, 0.1) is 12.8 Å². The molecule has 8 nitrogen and oxygen atoms in total. The standard InChI is InChI=1S/C17H17N3O5/c1-8-5-6-11(7-9(8)2)19-15(22)12-13(17(24)25-4)18-20(10(3)21)14(12)16(19)23/h5-7,12,14H,1-4H3/t12-,14-/m1/s1. The van der Waals surface area contributed by atoms with E-state index in [1.165, 1.54) is 6.92 Å². The van der Waals surface area contributed by atoms with Crippen LogP contribution in [-0.2, 0) is 23.9 Å². The highest BCUT2D eigenvalue weighted by molar-refractivity contribution is 6.47. The van der Waals surface area contributed by atoms with Gasteiger partial charge in [-0.15, -0.1) is 0 Å². The van der Waals surface area contributed by atoms with Gasteiger partial charge in [-0.25, -0.2) is 14.7 Å². The zero-order valence-electron chi connectivity index (χ0n) is 14.3. The summed E-state index contributed by atoms with van der Waals surface area (Å²) in [6.45, 7) is 5.01. The van der Waals surface area contributed by atoms with Crippen molar-refractivity contribution in [3.05, 3.63) is 29.3 Å². The van der Waals surface area contributed by atoms with E-state index in [-0.39, 0.29) is 5.71 Å². The normalized spacial score (nSPS) is 22.2. The third-order valence-corrected chi connectivity index (χ3v) is 4.51. The maximum absolute atomic E-state index is 12.9. The summed E-state index contributed by atoms with van der Waals surface area (Å²) in [7, 11) is 1.15. The molecule has 8 heteroatoms. The number of anilines is 1. The number of rotatable bonds is 2. The molecule has 0 unspecified atom stereocenters. The molecule has 2 atom stereocenters. The molecular weight excluding hydrogens is 326 g/mol. The minimum Gasteiger partial charge on any atom is -0.464 e. The van der Waals surface area contributed by atoms with E-state index in [4.69, 9.17) is 0 Å². The second kappa shape index (κ2) is 5.80. The van der Waals surface area contributed by atoms with Gasteiger partial charge in [-0.3, -0.25) is 14.4 Å². The van der Waals surface area contributed by atoms with E-state index >= 15 is 0 Å². The molecule has 1 fully saturated rings. The Balaban J connectivity index is 2.07. The highest BCUT2D eigenvalue weighted by atomic mass is 16.5. The van der Waals surface area contributed by atoms with Gasteiger partial charge in [0.2, 0.25) is 11.8 Å². The predicted molar refractivity (Wildman–Crippen MR) is 87.7 cm³/mol. The summed E-state index contributed by atoms with van der Waals surface area (Å²) >= 11 is 0. The minimum atomic E-state index is -1.15. The lowest BCUT2D eigenvalue weighted by Gasteiger charge is -2.19. The molecular formula is C17H17N3O5. The molecule has 0 spiro atoms. The van der Waals surface area contributed by atoms with Crippen LogP contribution in [0.3, 0.4) is 0 Å². The van der Waals surface area contributed by atoms with Gasteiger partial charge in [0.25, 0.3) is 5.91 Å². The molecule has 2 aliphatic heterocycles. The number of nitrogens with zero attached hydrogens (tertiary/aromatic N) is 3. The Morgan fingerprint density at radius 2 is 1.80 bits per heavy atom. The monoisotopic (exact) mass is 343 g/mol. The molecule has 0 bridgehead atoms. The Kier molecular flexibility index (Phi) is 3.90. The van der Waals surface area contributed by atoms with Crippen molar-refractivity contribution < 1.29 is 23.9 Å². The van der Waals surface area contributed by atoms with Gasteiger partial charge in [-0.2, -0.15) is 5.10 Å². The average molecular weight is 343 g/mol. The van der Waals surface area contributed by atoms with Crippen LogP contribution in [0.5, 0.6) is 0 Å². The van der Waals surface area contributed by atoms with Gasteiger partial charge in [0.1, 0.15) is 5.92 Å². The van der Waals surface area contributed by atoms with Crippen molar-refractivity contribution in [3.63, 3.8) is 0 Å². The number of hydrogen-bond acceptors (Lipinski definition) is 6. The van der Waals surface area contributed by atoms with Crippen LogP contribution in [0, 0.1) is 19.8 Å². The minimum absolute atomic E-state index is 0.229. The van der Waals surface area contributed by atoms with Gasteiger partial charge >= 0.3 is 5.97 Å². The van der Waals surface area contributed by atoms with Crippen molar-refractivity contribution in [1.29, 1.82) is 0 Å². The fourth-order valence-electron chi connectivity index (χ4n) is 3.07. The van der Waals surface area contributed by atoms with Gasteiger partial charge in [0.15, 0.2) is 11.8 Å². The quantitative estimate of drug-likeness (QED) is 0.577. The van der Waals surface area contributed by atoms with Crippen LogP contribution in [-0.4, -0.2) is 47.6 Å². The lowest BCUT2D eigenvalue weighted by molar-refractivity contribution is -0.136. The molecule has 0 radical (unpaired) electrons. The van der Waals surface area contributed by atoms with Crippen LogP contribution < -0.4 is 4.90 Å². The van der Waals surface area contributed by atoms with Crippen LogP contribution in [0.2, 0.25) is 0 Å². The fraction of sp³-hybridized carbons (Fsp3) is 0.353. The number of hydrogen-bond donors (Lipinski definition) is 0. The van der Waals surface area contributed by atoms with Crippen molar-refractivity contribution in [3.8, 4) is 0 Å². The number of ether oxygens (including phenoxy) is 1. The molecule has 25 heavy (non-hydrogen) atoms. The highest BCUT2D eigenvalue weighted by Gasteiger charge is 2.59. The van der Waals surface area contributed by atoms with Crippen LogP contribution in [0.25, 0.3) is 0 Å². The first kappa shape index (κ1) is 16.8. The molecule has 1 aromatic carbocycles. The van der Waals surface area contributed by atoms with Crippen LogP contribution in [0.4, 0.5) is 5.69 Å². The summed E-state index contributed by atoms with van der Waals surface area (Å²) in [4.78, 5) is 50.5. The van der Waals surface area contributed by atoms with E-state index in [9.17, 15) is 19.2 Å². The van der Waals surface area contributed by atoms with Gasteiger partial charge < -0.3 is 4.74 Å². The van der Waals surface area contributed by atoms with Gasteiger partial charge in [-0.1, -0.05) is 6.07 Å². The van der Waals surface area contributed by atoms with Crippen LogP contribution in [0.1, 0.15) is 18.1 Å². The van der Waals surface area contributed by atoms with E-state index in [0.29, 0.717) is 5.69 Å². The number of methoxy groups -OCH3 is 1. The third-order valence-electron chi connectivity index (χ3n) is 4.51. The molecule has 3 rings (SSSR count). The molecule has 130 valence electrons. The number of fused-ring (bicyclic) bond motifs is 1. The number of imide groups is 1. The van der Waals surface area contributed by atoms with E-state index in [2.05, 4.69) is 9.84 Å². The molecule has 0 N–H and O–H groups in total. The molecule has 0 saturated carbocycles. The summed E-state index contributed by atoms with van der Waals surface area (Å²) in [5.41, 5.74) is 2.11. The highest BCUT2D eigenvalue weighted by Crippen LogP contribution is 2.35. The van der Waals surface area contributed by atoms with Gasteiger partial charge in [-0.05, 0) is 37.1 Å². The van der Waals surface area contributed by atoms with Crippen molar-refractivity contribution >= 4 is 35.1 Å². The summed E-state index contributed by atoms with van der Waals surface area (Å²) in [5.74, 6) is -3.69. The van der Waals surface area contributed by atoms with Crippen molar-refractivity contribution in [2.24, 2.45) is 11.0 Å². The van der Waals surface area contributed by atoms with Gasteiger partial charge in [0, 0.05) is 6.92 Å². The number of esters is 1. The molecule has 0 aromatic heterocycles. The number of aryl methyl sites for hydroxylation is 2. The van der Waals surface area contributed by atoms with E-state index in [1.54, 1.807) is 18.2 Å². The predicted octanol–water partition coefficient (Wildman–Crippen LogP) is 0.553.